The third kappa shape index (κ3) is 6.68. The molecule has 1 aliphatic heterocycles. The van der Waals surface area contributed by atoms with E-state index in [2.05, 4.69) is 24.0 Å². The highest BCUT2D eigenvalue weighted by Gasteiger charge is 2.45. The van der Waals surface area contributed by atoms with E-state index in [4.69, 9.17) is 4.74 Å². The molecule has 1 saturated heterocycles. The number of rotatable bonds is 8. The lowest BCUT2D eigenvalue weighted by atomic mass is 9.89. The van der Waals surface area contributed by atoms with Crippen LogP contribution in [0, 0.1) is 35.5 Å². The molecule has 0 unspecified atom stereocenters. The van der Waals surface area contributed by atoms with Gasteiger partial charge in [-0.2, -0.15) is 0 Å². The Labute approximate surface area is 187 Å². The number of ether oxygens (including phenoxy) is 1. The van der Waals surface area contributed by atoms with Crippen molar-refractivity contribution in [1.29, 1.82) is 0 Å². The quantitative estimate of drug-likeness (QED) is 0.353. The Bertz CT molecular complexity index is 713. The van der Waals surface area contributed by atoms with Crippen LogP contribution >= 0.6 is 0 Å². The number of aliphatic hydroxyl groups excluding tert-OH is 2. The Morgan fingerprint density at radius 1 is 1.32 bits per heavy atom. The first-order chi connectivity index (χ1) is 15.0. The van der Waals surface area contributed by atoms with E-state index in [0.29, 0.717) is 37.9 Å². The van der Waals surface area contributed by atoms with Crippen LogP contribution < -0.4 is 0 Å². The molecule has 31 heavy (non-hydrogen) atoms. The van der Waals surface area contributed by atoms with Crippen molar-refractivity contribution in [1.82, 2.24) is 4.90 Å². The summed E-state index contributed by atoms with van der Waals surface area (Å²) in [7, 11) is 0. The van der Waals surface area contributed by atoms with Gasteiger partial charge in [-0.25, -0.2) is 0 Å². The van der Waals surface area contributed by atoms with Crippen LogP contribution in [0.3, 0.4) is 0 Å². The lowest BCUT2D eigenvalue weighted by Crippen LogP contribution is -2.40. The average molecular weight is 430 g/mol. The number of morpholine rings is 1. The second kappa shape index (κ2) is 11.9. The van der Waals surface area contributed by atoms with Gasteiger partial charge in [0.1, 0.15) is 0 Å². The first-order valence-electron chi connectivity index (χ1n) is 12.0. The van der Waals surface area contributed by atoms with Crippen molar-refractivity contribution < 1.29 is 19.7 Å². The minimum atomic E-state index is -0.521. The Balaban J connectivity index is 1.45. The van der Waals surface area contributed by atoms with Crippen molar-refractivity contribution >= 4 is 5.91 Å². The standard InChI is InChI=1S/C26H39NO4/c1-3-4-7-19(2)24(28)11-10-22-23-17-20(16-21(23)18-25(22)29)8-5-6-9-26(30)27-12-14-31-15-13-27/h8,10-11,19,21-25,28-29H,5-7,9,12-18H2,1-2H3/b11-10+,20-8?/t19-,21+,22-,23+,24+,25-/m1/s1. The molecule has 0 aromatic rings. The normalized spacial score (nSPS) is 31.5. The van der Waals surface area contributed by atoms with Gasteiger partial charge in [0.05, 0.1) is 25.4 Å². The van der Waals surface area contributed by atoms with Gasteiger partial charge in [-0.05, 0) is 56.8 Å². The second-order valence-electron chi connectivity index (χ2n) is 9.44. The molecule has 5 heteroatoms. The maximum Gasteiger partial charge on any atom is 0.222 e. The molecule has 172 valence electrons. The second-order valence-corrected chi connectivity index (χ2v) is 9.44. The van der Waals surface area contributed by atoms with Crippen LogP contribution in [0.1, 0.15) is 58.8 Å². The predicted molar refractivity (Wildman–Crippen MR) is 122 cm³/mol. The maximum absolute atomic E-state index is 12.3. The summed E-state index contributed by atoms with van der Waals surface area (Å²) in [6.45, 7) is 6.58. The predicted octanol–water partition coefficient (Wildman–Crippen LogP) is 3.32. The molecule has 0 bridgehead atoms. The van der Waals surface area contributed by atoms with Crippen LogP contribution in [0.15, 0.2) is 23.8 Å². The first kappa shape index (κ1) is 24.0. The van der Waals surface area contributed by atoms with Gasteiger partial charge in [0.25, 0.3) is 0 Å². The van der Waals surface area contributed by atoms with E-state index < -0.39 is 6.10 Å². The van der Waals surface area contributed by atoms with E-state index >= 15 is 0 Å². The molecule has 3 fully saturated rings. The summed E-state index contributed by atoms with van der Waals surface area (Å²) in [5.41, 5.74) is 1.48. The van der Waals surface area contributed by atoms with Crippen LogP contribution in [0.2, 0.25) is 0 Å². The zero-order valence-corrected chi connectivity index (χ0v) is 19.1. The third-order valence-electron chi connectivity index (χ3n) is 7.22. The number of allylic oxidation sites excluding steroid dienone is 2. The fourth-order valence-electron chi connectivity index (χ4n) is 5.29. The fraction of sp³-hybridized carbons (Fsp3) is 0.731. The van der Waals surface area contributed by atoms with Crippen molar-refractivity contribution in [3.8, 4) is 11.8 Å². The van der Waals surface area contributed by atoms with Crippen molar-refractivity contribution in [2.45, 2.75) is 71.0 Å². The molecule has 3 rings (SSSR count). The van der Waals surface area contributed by atoms with Gasteiger partial charge in [-0.3, -0.25) is 4.79 Å². The van der Waals surface area contributed by atoms with Gasteiger partial charge in [0.15, 0.2) is 0 Å². The Hall–Kier alpha value is -1.61. The monoisotopic (exact) mass is 429 g/mol. The number of hydrogen-bond acceptors (Lipinski definition) is 4. The summed E-state index contributed by atoms with van der Waals surface area (Å²) >= 11 is 0. The zero-order chi connectivity index (χ0) is 22.2. The molecule has 2 N–H and O–H groups in total. The number of fused-ring (bicyclic) bond motifs is 1. The molecule has 1 amide bonds. The van der Waals surface area contributed by atoms with Crippen molar-refractivity contribution in [3.05, 3.63) is 23.8 Å². The van der Waals surface area contributed by atoms with Crippen molar-refractivity contribution in [2.24, 2.45) is 23.7 Å². The highest BCUT2D eigenvalue weighted by atomic mass is 16.5. The molecule has 2 aliphatic carbocycles. The number of aliphatic hydroxyl groups is 2. The smallest absolute Gasteiger partial charge is 0.222 e. The molecule has 3 aliphatic rings. The summed E-state index contributed by atoms with van der Waals surface area (Å²) in [6, 6.07) is 0. The topological polar surface area (TPSA) is 70.0 Å². The highest BCUT2D eigenvalue weighted by molar-refractivity contribution is 5.76. The molecule has 0 aromatic heterocycles. The Morgan fingerprint density at radius 2 is 2.10 bits per heavy atom. The largest absolute Gasteiger partial charge is 0.392 e. The molecule has 5 nitrogen and oxygen atoms in total. The number of nitrogens with zero attached hydrogens (tertiary/aromatic N) is 1. The Morgan fingerprint density at radius 3 is 2.84 bits per heavy atom. The van der Waals surface area contributed by atoms with Crippen LogP contribution in [-0.2, 0) is 9.53 Å². The van der Waals surface area contributed by atoms with Crippen LogP contribution in [-0.4, -0.2) is 59.5 Å². The highest BCUT2D eigenvalue weighted by Crippen LogP contribution is 2.50. The van der Waals surface area contributed by atoms with Crippen molar-refractivity contribution in [2.75, 3.05) is 26.3 Å². The molecule has 0 spiro atoms. The molecule has 2 saturated carbocycles. The summed E-state index contributed by atoms with van der Waals surface area (Å²) in [4.78, 5) is 14.2. The van der Waals surface area contributed by atoms with E-state index in [1.54, 1.807) is 0 Å². The summed E-state index contributed by atoms with van der Waals surface area (Å²) in [6.07, 6.45) is 11.5. The van der Waals surface area contributed by atoms with Gasteiger partial charge >= 0.3 is 0 Å². The van der Waals surface area contributed by atoms with E-state index in [1.165, 1.54) is 5.57 Å². The van der Waals surface area contributed by atoms with Crippen LogP contribution in [0.5, 0.6) is 0 Å². The lowest BCUT2D eigenvalue weighted by Gasteiger charge is -2.26. The van der Waals surface area contributed by atoms with Gasteiger partial charge in [-0.1, -0.05) is 30.7 Å². The SMILES string of the molecule is CC#CC[C@@H](C)[C@@H](O)/C=C/[C@@H]1[C@H]2CC(=CCCCC(=O)N3CCOCC3)C[C@H]2C[C@H]1O. The van der Waals surface area contributed by atoms with Gasteiger partial charge in [0.2, 0.25) is 5.91 Å². The van der Waals surface area contributed by atoms with Gasteiger partial charge in [-0.15, -0.1) is 11.8 Å². The summed E-state index contributed by atoms with van der Waals surface area (Å²) in [5.74, 6) is 7.37. The number of carbonyl (C=O) groups excluding carboxylic acids is 1. The van der Waals surface area contributed by atoms with Crippen molar-refractivity contribution in [3.63, 3.8) is 0 Å². The van der Waals surface area contributed by atoms with E-state index in [0.717, 1.165) is 45.2 Å². The van der Waals surface area contributed by atoms with Crippen LogP contribution in [0.4, 0.5) is 0 Å². The minimum absolute atomic E-state index is 0.0947. The number of carbonyl (C=O) groups is 1. The van der Waals surface area contributed by atoms with E-state index in [1.807, 2.05) is 24.8 Å². The van der Waals surface area contributed by atoms with Gasteiger partial charge in [0, 0.05) is 31.8 Å². The Kier molecular flexibility index (Phi) is 9.19. The maximum atomic E-state index is 12.3. The van der Waals surface area contributed by atoms with E-state index in [9.17, 15) is 15.0 Å². The van der Waals surface area contributed by atoms with Crippen LogP contribution in [0.25, 0.3) is 0 Å². The first-order valence-corrected chi connectivity index (χ1v) is 12.0. The van der Waals surface area contributed by atoms with Gasteiger partial charge < -0.3 is 19.8 Å². The molecular formula is C26H39NO4. The molecule has 0 aromatic carbocycles. The minimum Gasteiger partial charge on any atom is -0.392 e. The molecule has 6 atom stereocenters. The number of hydrogen-bond donors (Lipinski definition) is 2. The summed E-state index contributed by atoms with van der Waals surface area (Å²) < 4.78 is 5.31. The average Bonchev–Trinajstić information content (AvgIpc) is 3.30. The molecule has 0 radical (unpaired) electrons. The van der Waals surface area contributed by atoms with E-state index in [-0.39, 0.29) is 23.8 Å². The molecule has 1 heterocycles. The fourth-order valence-corrected chi connectivity index (χ4v) is 5.29. The molecular weight excluding hydrogens is 390 g/mol. The lowest BCUT2D eigenvalue weighted by molar-refractivity contribution is -0.135. The third-order valence-corrected chi connectivity index (χ3v) is 7.22. The summed E-state index contributed by atoms with van der Waals surface area (Å²) in [5, 5.41) is 20.9. The number of unbranched alkanes of at least 4 members (excludes halogenated alkanes) is 1. The number of amides is 1. The zero-order valence-electron chi connectivity index (χ0n) is 19.1.